The molecule has 0 radical (unpaired) electrons. The third kappa shape index (κ3) is 5.19. The number of esters is 1. The van der Waals surface area contributed by atoms with Crippen LogP contribution in [0.3, 0.4) is 0 Å². The molecule has 1 atom stereocenters. The van der Waals surface area contributed by atoms with Gasteiger partial charge in [0.05, 0.1) is 19.6 Å². The molecule has 1 aliphatic rings. The molecule has 0 aromatic carbocycles. The third-order valence-electron chi connectivity index (χ3n) is 3.19. The Morgan fingerprint density at radius 2 is 2.00 bits per heavy atom. The van der Waals surface area contributed by atoms with E-state index >= 15 is 0 Å². The summed E-state index contributed by atoms with van der Waals surface area (Å²) in [5.41, 5.74) is 0. The highest BCUT2D eigenvalue weighted by molar-refractivity contribution is 5.84. The van der Waals surface area contributed by atoms with Gasteiger partial charge in [-0.1, -0.05) is 6.92 Å². The standard InChI is InChI=1S/C14H25NO4/c1-3-10-18-11-8-13(16)15-9-6-5-7-12(15)14(17)19-4-2/h12H,3-11H2,1-2H3. The highest BCUT2D eigenvalue weighted by atomic mass is 16.5. The zero-order chi connectivity index (χ0) is 14.1. The normalized spacial score (nSPS) is 19.3. The third-order valence-corrected chi connectivity index (χ3v) is 3.19. The van der Waals surface area contributed by atoms with E-state index in [1.807, 2.05) is 6.92 Å². The second-order valence-electron chi connectivity index (χ2n) is 4.71. The van der Waals surface area contributed by atoms with Crippen LogP contribution in [0, 0.1) is 0 Å². The molecular weight excluding hydrogens is 246 g/mol. The highest BCUT2D eigenvalue weighted by Crippen LogP contribution is 2.19. The Morgan fingerprint density at radius 3 is 2.68 bits per heavy atom. The zero-order valence-corrected chi connectivity index (χ0v) is 12.0. The van der Waals surface area contributed by atoms with Gasteiger partial charge in [-0.15, -0.1) is 0 Å². The minimum atomic E-state index is -0.396. The van der Waals surface area contributed by atoms with Crippen molar-refractivity contribution in [1.82, 2.24) is 4.90 Å². The molecule has 19 heavy (non-hydrogen) atoms. The number of carbonyl (C=O) groups is 2. The first-order valence-corrected chi connectivity index (χ1v) is 7.24. The summed E-state index contributed by atoms with van der Waals surface area (Å²) in [6, 6.07) is -0.396. The second-order valence-corrected chi connectivity index (χ2v) is 4.71. The molecule has 110 valence electrons. The molecule has 0 bridgehead atoms. The van der Waals surface area contributed by atoms with E-state index < -0.39 is 6.04 Å². The number of carbonyl (C=O) groups excluding carboxylic acids is 2. The molecule has 0 aliphatic carbocycles. The predicted molar refractivity (Wildman–Crippen MR) is 71.7 cm³/mol. The van der Waals surface area contributed by atoms with Crippen molar-refractivity contribution in [2.45, 2.75) is 52.0 Å². The first-order valence-electron chi connectivity index (χ1n) is 7.24. The lowest BCUT2D eigenvalue weighted by Crippen LogP contribution is -2.48. The fourth-order valence-electron chi connectivity index (χ4n) is 2.26. The molecule has 1 rings (SSSR count). The molecule has 1 unspecified atom stereocenters. The number of piperidine rings is 1. The van der Waals surface area contributed by atoms with E-state index in [0.717, 1.165) is 19.3 Å². The lowest BCUT2D eigenvalue weighted by molar-refractivity contribution is -0.157. The molecule has 1 saturated heterocycles. The number of rotatable bonds is 7. The summed E-state index contributed by atoms with van der Waals surface area (Å²) in [7, 11) is 0. The van der Waals surface area contributed by atoms with Crippen molar-refractivity contribution in [1.29, 1.82) is 0 Å². The summed E-state index contributed by atoms with van der Waals surface area (Å²) in [6.45, 7) is 5.93. The van der Waals surface area contributed by atoms with Crippen LogP contribution in [0.2, 0.25) is 0 Å². The van der Waals surface area contributed by atoms with Crippen molar-refractivity contribution in [3.05, 3.63) is 0 Å². The van der Waals surface area contributed by atoms with Gasteiger partial charge >= 0.3 is 5.97 Å². The molecule has 0 saturated carbocycles. The SMILES string of the molecule is CCCOCCC(=O)N1CCCCC1C(=O)OCC. The number of ether oxygens (including phenoxy) is 2. The summed E-state index contributed by atoms with van der Waals surface area (Å²) in [6.07, 6.45) is 3.93. The van der Waals surface area contributed by atoms with Crippen molar-refractivity contribution in [3.63, 3.8) is 0 Å². The highest BCUT2D eigenvalue weighted by Gasteiger charge is 2.32. The van der Waals surface area contributed by atoms with Gasteiger partial charge in [0, 0.05) is 13.2 Å². The van der Waals surface area contributed by atoms with Crippen molar-refractivity contribution < 1.29 is 19.1 Å². The maximum atomic E-state index is 12.1. The van der Waals surface area contributed by atoms with Gasteiger partial charge in [-0.3, -0.25) is 4.79 Å². The Morgan fingerprint density at radius 1 is 1.21 bits per heavy atom. The minimum Gasteiger partial charge on any atom is -0.464 e. The summed E-state index contributed by atoms with van der Waals surface area (Å²) in [4.78, 5) is 25.6. The van der Waals surface area contributed by atoms with Crippen LogP contribution in [0.25, 0.3) is 0 Å². The van der Waals surface area contributed by atoms with Gasteiger partial charge in [-0.05, 0) is 32.6 Å². The summed E-state index contributed by atoms with van der Waals surface area (Å²) < 4.78 is 10.4. The van der Waals surface area contributed by atoms with Gasteiger partial charge in [0.2, 0.25) is 5.91 Å². The van der Waals surface area contributed by atoms with Crippen LogP contribution in [-0.2, 0) is 19.1 Å². The Hall–Kier alpha value is -1.10. The lowest BCUT2D eigenvalue weighted by atomic mass is 10.0. The number of likely N-dealkylation sites (tertiary alicyclic amines) is 1. The molecule has 5 nitrogen and oxygen atoms in total. The number of hydrogen-bond donors (Lipinski definition) is 0. The fourth-order valence-corrected chi connectivity index (χ4v) is 2.26. The average Bonchev–Trinajstić information content (AvgIpc) is 2.43. The summed E-state index contributed by atoms with van der Waals surface area (Å²) in [5, 5.41) is 0. The molecule has 1 fully saturated rings. The van der Waals surface area contributed by atoms with Crippen LogP contribution in [0.15, 0.2) is 0 Å². The topological polar surface area (TPSA) is 55.8 Å². The van der Waals surface area contributed by atoms with Crippen LogP contribution in [0.5, 0.6) is 0 Å². The maximum Gasteiger partial charge on any atom is 0.328 e. The number of amides is 1. The second kappa shape index (κ2) is 8.91. The van der Waals surface area contributed by atoms with Crippen LogP contribution in [0.4, 0.5) is 0 Å². The van der Waals surface area contributed by atoms with Crippen molar-refractivity contribution >= 4 is 11.9 Å². The van der Waals surface area contributed by atoms with Crippen LogP contribution in [0.1, 0.15) is 46.0 Å². The largest absolute Gasteiger partial charge is 0.464 e. The minimum absolute atomic E-state index is 0.00569. The summed E-state index contributed by atoms with van der Waals surface area (Å²) >= 11 is 0. The lowest BCUT2D eigenvalue weighted by Gasteiger charge is -2.34. The van der Waals surface area contributed by atoms with E-state index in [0.29, 0.717) is 39.2 Å². The van der Waals surface area contributed by atoms with Crippen molar-refractivity contribution in [3.8, 4) is 0 Å². The van der Waals surface area contributed by atoms with Crippen LogP contribution >= 0.6 is 0 Å². The van der Waals surface area contributed by atoms with Gasteiger partial charge < -0.3 is 14.4 Å². The molecule has 5 heteroatoms. The van der Waals surface area contributed by atoms with Crippen molar-refractivity contribution in [2.24, 2.45) is 0 Å². The molecule has 0 aromatic rings. The van der Waals surface area contributed by atoms with Gasteiger partial charge in [-0.2, -0.15) is 0 Å². The van der Waals surface area contributed by atoms with E-state index in [1.165, 1.54) is 0 Å². The number of hydrogen-bond acceptors (Lipinski definition) is 4. The molecule has 0 aromatic heterocycles. The van der Waals surface area contributed by atoms with E-state index in [4.69, 9.17) is 9.47 Å². The van der Waals surface area contributed by atoms with E-state index in [2.05, 4.69) is 0 Å². The Balaban J connectivity index is 2.46. The molecule has 0 spiro atoms. The van der Waals surface area contributed by atoms with Crippen LogP contribution in [-0.4, -0.2) is 49.2 Å². The Bertz CT molecular complexity index is 293. The molecule has 1 amide bonds. The Labute approximate surface area is 115 Å². The van der Waals surface area contributed by atoms with Crippen LogP contribution < -0.4 is 0 Å². The molecule has 1 heterocycles. The smallest absolute Gasteiger partial charge is 0.328 e. The van der Waals surface area contributed by atoms with E-state index in [9.17, 15) is 9.59 Å². The molecule has 1 aliphatic heterocycles. The predicted octanol–water partition coefficient (Wildman–Crippen LogP) is 1.75. The first-order chi connectivity index (χ1) is 9.20. The quantitative estimate of drug-likeness (QED) is 0.523. The number of nitrogens with zero attached hydrogens (tertiary/aromatic N) is 1. The first kappa shape index (κ1) is 16.0. The zero-order valence-electron chi connectivity index (χ0n) is 12.0. The molecular formula is C14H25NO4. The van der Waals surface area contributed by atoms with E-state index in [-0.39, 0.29) is 11.9 Å². The van der Waals surface area contributed by atoms with Gasteiger partial charge in [0.1, 0.15) is 6.04 Å². The molecule has 0 N–H and O–H groups in total. The fraction of sp³-hybridized carbons (Fsp3) is 0.857. The maximum absolute atomic E-state index is 12.1. The van der Waals surface area contributed by atoms with E-state index in [1.54, 1.807) is 11.8 Å². The van der Waals surface area contributed by atoms with Gasteiger partial charge in [-0.25, -0.2) is 4.79 Å². The van der Waals surface area contributed by atoms with Gasteiger partial charge in [0.25, 0.3) is 0 Å². The Kier molecular flexibility index (Phi) is 7.48. The summed E-state index contributed by atoms with van der Waals surface area (Å²) in [5.74, 6) is -0.279. The monoisotopic (exact) mass is 271 g/mol. The van der Waals surface area contributed by atoms with Gasteiger partial charge in [0.15, 0.2) is 0 Å². The average molecular weight is 271 g/mol. The van der Waals surface area contributed by atoms with Crippen molar-refractivity contribution in [2.75, 3.05) is 26.4 Å².